The first kappa shape index (κ1) is 15.5. The van der Waals surface area contributed by atoms with Gasteiger partial charge in [0.2, 0.25) is 0 Å². The van der Waals surface area contributed by atoms with E-state index in [0.29, 0.717) is 13.1 Å². The topological polar surface area (TPSA) is 29.5 Å². The van der Waals surface area contributed by atoms with Gasteiger partial charge in [-0.05, 0) is 36.2 Å². The summed E-state index contributed by atoms with van der Waals surface area (Å²) in [7, 11) is 1.61. The number of hydrogen-bond acceptors (Lipinski definition) is 2. The third-order valence-corrected chi connectivity index (χ3v) is 4.22. The molecule has 0 spiro atoms. The van der Waals surface area contributed by atoms with Crippen LogP contribution in [0.4, 0.5) is 8.78 Å². The minimum absolute atomic E-state index is 0.0817. The van der Waals surface area contributed by atoms with Crippen LogP contribution in [0.1, 0.15) is 28.3 Å². The van der Waals surface area contributed by atoms with Crippen LogP contribution >= 0.6 is 0 Å². The molecule has 0 saturated carbocycles. The number of nitrogens with zero attached hydrogens (tertiary/aromatic N) is 1. The fourth-order valence-corrected chi connectivity index (χ4v) is 2.93. The highest BCUT2D eigenvalue weighted by atomic mass is 19.1. The number of likely N-dealkylation sites (tertiary alicyclic amines) is 1. The van der Waals surface area contributed by atoms with Crippen molar-refractivity contribution in [3.8, 4) is 5.75 Å². The maximum atomic E-state index is 13.8. The highest BCUT2D eigenvalue weighted by Gasteiger charge is 2.29. The Labute approximate surface area is 133 Å². The van der Waals surface area contributed by atoms with Crippen molar-refractivity contribution in [2.75, 3.05) is 20.2 Å². The lowest BCUT2D eigenvalue weighted by Gasteiger charge is -2.17. The summed E-state index contributed by atoms with van der Waals surface area (Å²) in [6.07, 6.45) is 0.820. The van der Waals surface area contributed by atoms with Crippen molar-refractivity contribution in [3.05, 3.63) is 65.2 Å². The normalized spacial score (nSPS) is 17.3. The Morgan fingerprint density at radius 3 is 2.57 bits per heavy atom. The first-order chi connectivity index (χ1) is 11.1. The molecular formula is C18H17F2NO2. The Morgan fingerprint density at radius 1 is 1.17 bits per heavy atom. The zero-order valence-corrected chi connectivity index (χ0v) is 12.8. The van der Waals surface area contributed by atoms with Crippen molar-refractivity contribution in [2.24, 2.45) is 0 Å². The zero-order chi connectivity index (χ0) is 16.4. The number of methoxy groups -OCH3 is 1. The van der Waals surface area contributed by atoms with E-state index in [0.717, 1.165) is 29.9 Å². The van der Waals surface area contributed by atoms with Crippen molar-refractivity contribution < 1.29 is 18.3 Å². The summed E-state index contributed by atoms with van der Waals surface area (Å²) >= 11 is 0. The molecule has 1 saturated heterocycles. The fraction of sp³-hybridized carbons (Fsp3) is 0.278. The predicted octanol–water partition coefficient (Wildman–Crippen LogP) is 3.60. The third-order valence-electron chi connectivity index (χ3n) is 4.22. The van der Waals surface area contributed by atoms with Gasteiger partial charge in [-0.15, -0.1) is 0 Å². The maximum Gasteiger partial charge on any atom is 0.256 e. The molecule has 2 aromatic carbocycles. The molecule has 1 amide bonds. The van der Waals surface area contributed by atoms with E-state index in [-0.39, 0.29) is 11.5 Å². The van der Waals surface area contributed by atoms with Crippen LogP contribution in [0.2, 0.25) is 0 Å². The SMILES string of the molecule is COc1ccc(C2CCN(C(=O)c3ccc(F)cc3F)C2)cc1. The zero-order valence-electron chi connectivity index (χ0n) is 12.8. The van der Waals surface area contributed by atoms with Gasteiger partial charge in [0.05, 0.1) is 12.7 Å². The van der Waals surface area contributed by atoms with Gasteiger partial charge in [-0.3, -0.25) is 4.79 Å². The van der Waals surface area contributed by atoms with E-state index >= 15 is 0 Å². The summed E-state index contributed by atoms with van der Waals surface area (Å²) in [6, 6.07) is 10.8. The molecule has 0 aliphatic carbocycles. The second kappa shape index (κ2) is 6.36. The number of rotatable bonds is 3. The van der Waals surface area contributed by atoms with Crippen LogP contribution in [0.25, 0.3) is 0 Å². The van der Waals surface area contributed by atoms with Crippen LogP contribution in [-0.4, -0.2) is 31.0 Å². The Balaban J connectivity index is 1.72. The van der Waals surface area contributed by atoms with E-state index in [1.54, 1.807) is 12.0 Å². The van der Waals surface area contributed by atoms with Crippen LogP contribution in [0.15, 0.2) is 42.5 Å². The number of halogens is 2. The van der Waals surface area contributed by atoms with Gasteiger partial charge in [0.15, 0.2) is 0 Å². The van der Waals surface area contributed by atoms with Crippen molar-refractivity contribution in [1.29, 1.82) is 0 Å². The monoisotopic (exact) mass is 317 g/mol. The third kappa shape index (κ3) is 3.18. The molecule has 0 aromatic heterocycles. The summed E-state index contributed by atoms with van der Waals surface area (Å²) < 4.78 is 31.8. The lowest BCUT2D eigenvalue weighted by molar-refractivity contribution is 0.0786. The number of carbonyl (C=O) groups is 1. The molecule has 1 atom stereocenters. The minimum atomic E-state index is -0.817. The van der Waals surface area contributed by atoms with Crippen LogP contribution in [0, 0.1) is 11.6 Å². The van der Waals surface area contributed by atoms with E-state index in [4.69, 9.17) is 4.74 Å². The standard InChI is InChI=1S/C18H17F2NO2/c1-23-15-5-2-12(3-6-15)13-8-9-21(11-13)18(22)16-7-4-14(19)10-17(16)20/h2-7,10,13H,8-9,11H2,1H3. The van der Waals surface area contributed by atoms with Gasteiger partial charge in [-0.25, -0.2) is 8.78 Å². The highest BCUT2D eigenvalue weighted by Crippen LogP contribution is 2.29. The largest absolute Gasteiger partial charge is 0.497 e. The molecule has 1 unspecified atom stereocenters. The van der Waals surface area contributed by atoms with Gasteiger partial charge in [-0.2, -0.15) is 0 Å². The van der Waals surface area contributed by atoms with E-state index in [1.807, 2.05) is 24.3 Å². The van der Waals surface area contributed by atoms with Crippen LogP contribution in [0.3, 0.4) is 0 Å². The Kier molecular flexibility index (Phi) is 4.28. The number of amides is 1. The lowest BCUT2D eigenvalue weighted by Crippen LogP contribution is -2.29. The van der Waals surface area contributed by atoms with E-state index in [1.165, 1.54) is 6.07 Å². The van der Waals surface area contributed by atoms with Crippen molar-refractivity contribution in [3.63, 3.8) is 0 Å². The van der Waals surface area contributed by atoms with Gasteiger partial charge in [0.1, 0.15) is 17.4 Å². The molecule has 1 heterocycles. The molecule has 0 radical (unpaired) electrons. The quantitative estimate of drug-likeness (QED) is 0.865. The van der Waals surface area contributed by atoms with Gasteiger partial charge in [-0.1, -0.05) is 12.1 Å². The molecule has 120 valence electrons. The molecule has 0 bridgehead atoms. The average molecular weight is 317 g/mol. The Hall–Kier alpha value is -2.43. The molecule has 3 rings (SSSR count). The fourth-order valence-electron chi connectivity index (χ4n) is 2.93. The number of carbonyl (C=O) groups excluding carboxylic acids is 1. The minimum Gasteiger partial charge on any atom is -0.497 e. The molecule has 1 aliphatic rings. The Morgan fingerprint density at radius 2 is 1.91 bits per heavy atom. The van der Waals surface area contributed by atoms with E-state index < -0.39 is 17.5 Å². The van der Waals surface area contributed by atoms with Crippen molar-refractivity contribution in [1.82, 2.24) is 4.90 Å². The highest BCUT2D eigenvalue weighted by molar-refractivity contribution is 5.94. The van der Waals surface area contributed by atoms with Crippen molar-refractivity contribution in [2.45, 2.75) is 12.3 Å². The first-order valence-corrected chi connectivity index (χ1v) is 7.47. The van der Waals surface area contributed by atoms with E-state index in [9.17, 15) is 13.6 Å². The molecule has 1 aliphatic heterocycles. The summed E-state index contributed by atoms with van der Waals surface area (Å²) in [5.74, 6) is -0.889. The molecule has 1 fully saturated rings. The summed E-state index contributed by atoms with van der Waals surface area (Å²) in [5, 5.41) is 0. The van der Waals surface area contributed by atoms with Gasteiger partial charge >= 0.3 is 0 Å². The summed E-state index contributed by atoms with van der Waals surface area (Å²) in [4.78, 5) is 14.0. The molecule has 5 heteroatoms. The van der Waals surface area contributed by atoms with Gasteiger partial charge in [0, 0.05) is 25.1 Å². The molecule has 0 N–H and O–H groups in total. The van der Waals surface area contributed by atoms with Crippen LogP contribution < -0.4 is 4.74 Å². The lowest BCUT2D eigenvalue weighted by atomic mass is 9.98. The van der Waals surface area contributed by atoms with Crippen LogP contribution in [-0.2, 0) is 0 Å². The first-order valence-electron chi connectivity index (χ1n) is 7.47. The molecule has 2 aromatic rings. The second-order valence-electron chi connectivity index (χ2n) is 5.63. The smallest absolute Gasteiger partial charge is 0.256 e. The van der Waals surface area contributed by atoms with Gasteiger partial charge in [0.25, 0.3) is 5.91 Å². The number of ether oxygens (including phenoxy) is 1. The number of benzene rings is 2. The average Bonchev–Trinajstić information content (AvgIpc) is 3.04. The van der Waals surface area contributed by atoms with E-state index in [2.05, 4.69) is 0 Å². The molecule has 23 heavy (non-hydrogen) atoms. The second-order valence-corrected chi connectivity index (χ2v) is 5.63. The van der Waals surface area contributed by atoms with Crippen molar-refractivity contribution >= 4 is 5.91 Å². The summed E-state index contributed by atoms with van der Waals surface area (Å²) in [6.45, 7) is 1.09. The molecular weight excluding hydrogens is 300 g/mol. The predicted molar refractivity (Wildman–Crippen MR) is 82.6 cm³/mol. The van der Waals surface area contributed by atoms with Gasteiger partial charge < -0.3 is 9.64 Å². The summed E-state index contributed by atoms with van der Waals surface area (Å²) in [5.41, 5.74) is 1.04. The van der Waals surface area contributed by atoms with Crippen LogP contribution in [0.5, 0.6) is 5.75 Å². The Bertz CT molecular complexity index is 715. The molecule has 3 nitrogen and oxygen atoms in total. The number of hydrogen-bond donors (Lipinski definition) is 0. The maximum absolute atomic E-state index is 13.8.